The summed E-state index contributed by atoms with van der Waals surface area (Å²) in [6, 6.07) is 6.15. The molecule has 1 aromatic carbocycles. The van der Waals surface area contributed by atoms with Crippen molar-refractivity contribution in [3.8, 4) is 0 Å². The standard InChI is InChI=1S/C15H19Br2NO/c1-2-12-6-4-3-5-9-18(12)15(19)13-8-7-11(16)10-14(13)17/h7-8,10,12H,2-6,9H2,1H3. The molecule has 2 nitrogen and oxygen atoms in total. The molecular weight excluding hydrogens is 370 g/mol. The van der Waals surface area contributed by atoms with Gasteiger partial charge in [-0.15, -0.1) is 0 Å². The van der Waals surface area contributed by atoms with Crippen LogP contribution in [0, 0.1) is 0 Å². The molecule has 1 atom stereocenters. The molecule has 0 aliphatic carbocycles. The van der Waals surface area contributed by atoms with Crippen LogP contribution < -0.4 is 0 Å². The molecule has 0 radical (unpaired) electrons. The summed E-state index contributed by atoms with van der Waals surface area (Å²) in [5, 5.41) is 0. The van der Waals surface area contributed by atoms with Crippen LogP contribution in [0.3, 0.4) is 0 Å². The lowest BCUT2D eigenvalue weighted by atomic mass is 10.1. The van der Waals surface area contributed by atoms with Crippen molar-refractivity contribution in [2.24, 2.45) is 0 Å². The average Bonchev–Trinajstić information content (AvgIpc) is 2.63. The van der Waals surface area contributed by atoms with Crippen LogP contribution in [-0.4, -0.2) is 23.4 Å². The Kier molecular flexibility index (Phi) is 5.46. The SMILES string of the molecule is CCC1CCCCCN1C(=O)c1ccc(Br)cc1Br. The number of amides is 1. The molecule has 2 rings (SSSR count). The van der Waals surface area contributed by atoms with E-state index in [4.69, 9.17) is 0 Å². The van der Waals surface area contributed by atoms with Gasteiger partial charge in [-0.05, 0) is 53.4 Å². The highest BCUT2D eigenvalue weighted by molar-refractivity contribution is 9.11. The van der Waals surface area contributed by atoms with E-state index in [1.165, 1.54) is 12.8 Å². The molecule has 104 valence electrons. The maximum atomic E-state index is 12.7. The minimum absolute atomic E-state index is 0.160. The van der Waals surface area contributed by atoms with Gasteiger partial charge in [0.05, 0.1) is 5.56 Å². The van der Waals surface area contributed by atoms with Crippen LogP contribution in [-0.2, 0) is 0 Å². The van der Waals surface area contributed by atoms with Crippen LogP contribution in [0.5, 0.6) is 0 Å². The van der Waals surface area contributed by atoms with Gasteiger partial charge in [-0.3, -0.25) is 4.79 Å². The van der Waals surface area contributed by atoms with E-state index in [-0.39, 0.29) is 5.91 Å². The van der Waals surface area contributed by atoms with Gasteiger partial charge in [0, 0.05) is 21.5 Å². The summed E-state index contributed by atoms with van der Waals surface area (Å²) in [5.74, 6) is 0.160. The van der Waals surface area contributed by atoms with Crippen molar-refractivity contribution in [3.63, 3.8) is 0 Å². The Balaban J connectivity index is 2.25. The normalized spacial score (nSPS) is 20.2. The van der Waals surface area contributed by atoms with Crippen molar-refractivity contribution in [1.82, 2.24) is 4.90 Å². The Morgan fingerprint density at radius 3 is 2.79 bits per heavy atom. The van der Waals surface area contributed by atoms with Crippen LogP contribution in [0.25, 0.3) is 0 Å². The fourth-order valence-corrected chi connectivity index (χ4v) is 3.90. The quantitative estimate of drug-likeness (QED) is 0.697. The third-order valence-corrected chi connectivity index (χ3v) is 4.92. The molecule has 0 N–H and O–H groups in total. The van der Waals surface area contributed by atoms with E-state index in [9.17, 15) is 4.79 Å². The molecule has 1 aromatic rings. The van der Waals surface area contributed by atoms with Crippen LogP contribution in [0.2, 0.25) is 0 Å². The fourth-order valence-electron chi connectivity index (χ4n) is 2.69. The number of hydrogen-bond donors (Lipinski definition) is 0. The highest BCUT2D eigenvalue weighted by Gasteiger charge is 2.26. The van der Waals surface area contributed by atoms with Crippen molar-refractivity contribution in [2.45, 2.75) is 45.1 Å². The van der Waals surface area contributed by atoms with Crippen LogP contribution in [0.1, 0.15) is 49.4 Å². The number of carbonyl (C=O) groups is 1. The van der Waals surface area contributed by atoms with Gasteiger partial charge in [0.2, 0.25) is 0 Å². The van der Waals surface area contributed by atoms with Crippen molar-refractivity contribution in [2.75, 3.05) is 6.54 Å². The zero-order valence-electron chi connectivity index (χ0n) is 11.2. The first kappa shape index (κ1) is 15.0. The van der Waals surface area contributed by atoms with E-state index in [0.717, 1.165) is 40.3 Å². The third-order valence-electron chi connectivity index (χ3n) is 3.77. The molecular formula is C15H19Br2NO. The first-order chi connectivity index (χ1) is 9.13. The molecule has 1 fully saturated rings. The number of likely N-dealkylation sites (tertiary alicyclic amines) is 1. The Bertz CT molecular complexity index is 461. The molecule has 4 heteroatoms. The molecule has 0 aromatic heterocycles. The highest BCUT2D eigenvalue weighted by Crippen LogP contribution is 2.26. The monoisotopic (exact) mass is 387 g/mol. The predicted molar refractivity (Wildman–Crippen MR) is 85.4 cm³/mol. The largest absolute Gasteiger partial charge is 0.336 e. The lowest BCUT2D eigenvalue weighted by Gasteiger charge is -2.29. The molecule has 1 amide bonds. The van der Waals surface area contributed by atoms with Crippen LogP contribution in [0.15, 0.2) is 27.1 Å². The smallest absolute Gasteiger partial charge is 0.255 e. The van der Waals surface area contributed by atoms with E-state index >= 15 is 0 Å². The Morgan fingerprint density at radius 1 is 1.32 bits per heavy atom. The van der Waals surface area contributed by atoms with Gasteiger partial charge < -0.3 is 4.90 Å². The minimum Gasteiger partial charge on any atom is -0.336 e. The number of hydrogen-bond acceptors (Lipinski definition) is 1. The van der Waals surface area contributed by atoms with Crippen LogP contribution >= 0.6 is 31.9 Å². The van der Waals surface area contributed by atoms with Gasteiger partial charge >= 0.3 is 0 Å². The van der Waals surface area contributed by atoms with Crippen molar-refractivity contribution in [1.29, 1.82) is 0 Å². The molecule has 1 aliphatic rings. The second-order valence-corrected chi connectivity index (χ2v) is 6.80. The fraction of sp³-hybridized carbons (Fsp3) is 0.533. The predicted octanol–water partition coefficient (Wildman–Crippen LogP) is 5.01. The van der Waals surface area contributed by atoms with Gasteiger partial charge in [-0.2, -0.15) is 0 Å². The van der Waals surface area contributed by atoms with Gasteiger partial charge in [0.25, 0.3) is 5.91 Å². The molecule has 0 spiro atoms. The zero-order chi connectivity index (χ0) is 13.8. The molecule has 19 heavy (non-hydrogen) atoms. The zero-order valence-corrected chi connectivity index (χ0v) is 14.3. The summed E-state index contributed by atoms with van der Waals surface area (Å²) < 4.78 is 1.85. The average molecular weight is 389 g/mol. The van der Waals surface area contributed by atoms with Gasteiger partial charge in [-0.1, -0.05) is 35.7 Å². The Hall–Kier alpha value is -0.350. The summed E-state index contributed by atoms with van der Waals surface area (Å²) in [6.45, 7) is 3.06. The number of benzene rings is 1. The number of nitrogens with zero attached hydrogens (tertiary/aromatic N) is 1. The molecule has 1 aliphatic heterocycles. The van der Waals surface area contributed by atoms with E-state index in [2.05, 4.69) is 43.7 Å². The van der Waals surface area contributed by atoms with Crippen molar-refractivity contribution in [3.05, 3.63) is 32.7 Å². The molecule has 1 saturated heterocycles. The van der Waals surface area contributed by atoms with E-state index in [1.807, 2.05) is 18.2 Å². The molecule has 0 saturated carbocycles. The summed E-state index contributed by atoms with van der Waals surface area (Å²) in [7, 11) is 0. The first-order valence-corrected chi connectivity index (χ1v) is 8.48. The second-order valence-electron chi connectivity index (χ2n) is 5.03. The van der Waals surface area contributed by atoms with E-state index < -0.39 is 0 Å². The summed E-state index contributed by atoms with van der Waals surface area (Å²) >= 11 is 6.92. The number of rotatable bonds is 2. The lowest BCUT2D eigenvalue weighted by molar-refractivity contribution is 0.0677. The molecule has 0 bridgehead atoms. The minimum atomic E-state index is 0.160. The molecule has 1 unspecified atom stereocenters. The summed E-state index contributed by atoms with van der Waals surface area (Å²) in [6.07, 6.45) is 5.78. The first-order valence-electron chi connectivity index (χ1n) is 6.89. The molecule has 1 heterocycles. The van der Waals surface area contributed by atoms with E-state index in [0.29, 0.717) is 6.04 Å². The Morgan fingerprint density at radius 2 is 2.11 bits per heavy atom. The number of carbonyl (C=O) groups excluding carboxylic acids is 1. The van der Waals surface area contributed by atoms with Crippen LogP contribution in [0.4, 0.5) is 0 Å². The third kappa shape index (κ3) is 3.60. The highest BCUT2D eigenvalue weighted by atomic mass is 79.9. The van der Waals surface area contributed by atoms with E-state index in [1.54, 1.807) is 0 Å². The maximum absolute atomic E-state index is 12.7. The Labute approximate surface area is 131 Å². The summed E-state index contributed by atoms with van der Waals surface area (Å²) in [5.41, 5.74) is 0.767. The van der Waals surface area contributed by atoms with Gasteiger partial charge in [-0.25, -0.2) is 0 Å². The summed E-state index contributed by atoms with van der Waals surface area (Å²) in [4.78, 5) is 14.8. The maximum Gasteiger partial charge on any atom is 0.255 e. The van der Waals surface area contributed by atoms with Gasteiger partial charge in [0.1, 0.15) is 0 Å². The van der Waals surface area contributed by atoms with Crippen molar-refractivity contribution >= 4 is 37.8 Å². The van der Waals surface area contributed by atoms with Crippen molar-refractivity contribution < 1.29 is 4.79 Å². The second kappa shape index (κ2) is 6.89. The lowest BCUT2D eigenvalue weighted by Crippen LogP contribution is -2.39. The number of halogens is 2. The van der Waals surface area contributed by atoms with Gasteiger partial charge in [0.15, 0.2) is 0 Å². The topological polar surface area (TPSA) is 20.3 Å².